The van der Waals surface area contributed by atoms with E-state index in [0.717, 1.165) is 25.7 Å². The lowest BCUT2D eigenvalue weighted by atomic mass is 9.52. The molecule has 4 unspecified atom stereocenters. The highest BCUT2D eigenvalue weighted by molar-refractivity contribution is 14.1. The maximum absolute atomic E-state index is 11.3. The van der Waals surface area contributed by atoms with Gasteiger partial charge >= 0.3 is 5.97 Å². The predicted octanol–water partition coefficient (Wildman–Crippen LogP) is 2.08. The quantitative estimate of drug-likeness (QED) is 0.628. The molecule has 4 atom stereocenters. The van der Waals surface area contributed by atoms with Crippen LogP contribution in [0.15, 0.2) is 0 Å². The second-order valence-electron chi connectivity index (χ2n) is 4.31. The van der Waals surface area contributed by atoms with E-state index in [4.69, 9.17) is 5.11 Å². The first-order valence-electron chi connectivity index (χ1n) is 5.05. The highest BCUT2D eigenvalue weighted by Gasteiger charge is 2.56. The van der Waals surface area contributed by atoms with Crippen molar-refractivity contribution >= 4 is 32.4 Å². The molecular weight excluding hydrogens is 295 g/mol. The molecule has 1 N–H and O–H groups in total. The number of rotatable bonds is 2. The van der Waals surface area contributed by atoms with Gasteiger partial charge in [0.25, 0.3) is 0 Å². The molecule has 0 aromatic heterocycles. The van der Waals surface area contributed by atoms with E-state index in [1.807, 2.05) is 0 Å². The molecular formula is C10H13IO3. The Kier molecular flexibility index (Phi) is 2.81. The van der Waals surface area contributed by atoms with Crippen molar-refractivity contribution < 1.29 is 14.7 Å². The fourth-order valence-electron chi connectivity index (χ4n) is 3.11. The van der Waals surface area contributed by atoms with Crippen LogP contribution >= 0.6 is 22.6 Å². The Balaban J connectivity index is 2.15. The number of carboxylic acid groups (broad SMARTS) is 1. The summed E-state index contributed by atoms with van der Waals surface area (Å²) < 4.78 is 0.0400. The largest absolute Gasteiger partial charge is 0.481 e. The summed E-state index contributed by atoms with van der Waals surface area (Å²) in [4.78, 5) is 22.3. The smallest absolute Gasteiger partial charge is 0.307 e. The number of fused-ring (bicyclic) bond motifs is 1. The van der Waals surface area contributed by atoms with E-state index in [9.17, 15) is 9.59 Å². The van der Waals surface area contributed by atoms with Crippen molar-refractivity contribution in [3.8, 4) is 0 Å². The molecule has 78 valence electrons. The van der Waals surface area contributed by atoms with Crippen LogP contribution in [0.25, 0.3) is 0 Å². The molecule has 2 aliphatic carbocycles. The molecule has 0 aromatic carbocycles. The Hall–Kier alpha value is -0.130. The Bertz CT molecular complexity index is 249. The SMILES string of the molecule is O=C(O)C1C2CCCCC2C1C(=O)I. The average molecular weight is 308 g/mol. The zero-order valence-corrected chi connectivity index (χ0v) is 9.94. The summed E-state index contributed by atoms with van der Waals surface area (Å²) in [5, 5.41) is 9.04. The Morgan fingerprint density at radius 2 is 1.57 bits per heavy atom. The summed E-state index contributed by atoms with van der Waals surface area (Å²) in [6, 6.07) is 0. The summed E-state index contributed by atoms with van der Waals surface area (Å²) in [5.41, 5.74) is 0. The van der Waals surface area contributed by atoms with Gasteiger partial charge in [-0.15, -0.1) is 0 Å². The molecule has 2 aliphatic rings. The molecule has 0 radical (unpaired) electrons. The Labute approximate surface area is 96.4 Å². The van der Waals surface area contributed by atoms with E-state index < -0.39 is 5.97 Å². The van der Waals surface area contributed by atoms with Gasteiger partial charge in [0.05, 0.1) is 5.92 Å². The maximum atomic E-state index is 11.3. The zero-order valence-electron chi connectivity index (χ0n) is 7.78. The van der Waals surface area contributed by atoms with Crippen LogP contribution in [0.5, 0.6) is 0 Å². The molecule has 3 nitrogen and oxygen atoms in total. The summed E-state index contributed by atoms with van der Waals surface area (Å²) in [6.45, 7) is 0. The molecule has 0 aliphatic heterocycles. The molecule has 0 amide bonds. The van der Waals surface area contributed by atoms with Gasteiger partial charge in [0.2, 0.25) is 0 Å². The lowest BCUT2D eigenvalue weighted by Gasteiger charge is -2.51. The molecule has 0 heterocycles. The summed E-state index contributed by atoms with van der Waals surface area (Å²) in [7, 11) is 0. The van der Waals surface area contributed by atoms with Crippen molar-refractivity contribution in [3.63, 3.8) is 0 Å². The minimum absolute atomic E-state index is 0.0400. The third kappa shape index (κ3) is 1.47. The lowest BCUT2D eigenvalue weighted by Crippen LogP contribution is -2.54. The fraction of sp³-hybridized carbons (Fsp3) is 0.800. The molecule has 4 heteroatoms. The van der Waals surface area contributed by atoms with Gasteiger partial charge in [0, 0.05) is 5.92 Å². The number of halogens is 1. The first-order valence-corrected chi connectivity index (χ1v) is 6.13. The molecule has 2 rings (SSSR count). The van der Waals surface area contributed by atoms with E-state index in [0.29, 0.717) is 5.92 Å². The second kappa shape index (κ2) is 3.79. The van der Waals surface area contributed by atoms with E-state index in [-0.39, 0.29) is 21.5 Å². The molecule has 14 heavy (non-hydrogen) atoms. The van der Waals surface area contributed by atoms with E-state index in [1.54, 1.807) is 22.6 Å². The molecule has 0 bridgehead atoms. The summed E-state index contributed by atoms with van der Waals surface area (Å²) in [5.74, 6) is -0.703. The van der Waals surface area contributed by atoms with Gasteiger partial charge in [-0.3, -0.25) is 9.59 Å². The van der Waals surface area contributed by atoms with Crippen LogP contribution < -0.4 is 0 Å². The highest BCUT2D eigenvalue weighted by atomic mass is 127. The van der Waals surface area contributed by atoms with Crippen molar-refractivity contribution in [1.82, 2.24) is 0 Å². The highest BCUT2D eigenvalue weighted by Crippen LogP contribution is 2.54. The van der Waals surface area contributed by atoms with Crippen LogP contribution in [0, 0.1) is 23.7 Å². The fourth-order valence-corrected chi connectivity index (χ4v) is 3.96. The van der Waals surface area contributed by atoms with Gasteiger partial charge < -0.3 is 5.11 Å². The average Bonchev–Trinajstić information content (AvgIpc) is 2.05. The summed E-state index contributed by atoms with van der Waals surface area (Å²) in [6.07, 6.45) is 4.34. The van der Waals surface area contributed by atoms with Crippen LogP contribution in [0.2, 0.25) is 0 Å². The molecule has 0 saturated heterocycles. The predicted molar refractivity (Wildman–Crippen MR) is 59.1 cm³/mol. The Morgan fingerprint density at radius 3 is 2.00 bits per heavy atom. The van der Waals surface area contributed by atoms with E-state index in [2.05, 4.69) is 0 Å². The normalized spacial score (nSPS) is 40.9. The van der Waals surface area contributed by atoms with Crippen LogP contribution in [0.1, 0.15) is 25.7 Å². The molecule has 2 fully saturated rings. The number of hydrogen-bond donors (Lipinski definition) is 1. The molecule has 2 saturated carbocycles. The lowest BCUT2D eigenvalue weighted by molar-refractivity contribution is -0.165. The molecule has 0 spiro atoms. The summed E-state index contributed by atoms with van der Waals surface area (Å²) >= 11 is 1.76. The van der Waals surface area contributed by atoms with Crippen LogP contribution in [0.3, 0.4) is 0 Å². The Morgan fingerprint density at radius 1 is 1.07 bits per heavy atom. The second-order valence-corrected chi connectivity index (χ2v) is 5.37. The van der Waals surface area contributed by atoms with Crippen molar-refractivity contribution in [2.24, 2.45) is 23.7 Å². The van der Waals surface area contributed by atoms with E-state index >= 15 is 0 Å². The van der Waals surface area contributed by atoms with Gasteiger partial charge in [0.1, 0.15) is 0 Å². The number of carbonyl (C=O) groups excluding carboxylic acids is 1. The van der Waals surface area contributed by atoms with Gasteiger partial charge in [-0.25, -0.2) is 0 Å². The first-order chi connectivity index (χ1) is 6.63. The van der Waals surface area contributed by atoms with Gasteiger partial charge in [-0.1, -0.05) is 12.8 Å². The number of carbonyl (C=O) groups is 2. The van der Waals surface area contributed by atoms with Crippen LogP contribution in [-0.4, -0.2) is 14.9 Å². The topological polar surface area (TPSA) is 54.4 Å². The van der Waals surface area contributed by atoms with Crippen molar-refractivity contribution in [2.45, 2.75) is 25.7 Å². The number of carboxylic acids is 1. The van der Waals surface area contributed by atoms with Crippen molar-refractivity contribution in [3.05, 3.63) is 0 Å². The van der Waals surface area contributed by atoms with Gasteiger partial charge in [-0.2, -0.15) is 0 Å². The number of aliphatic carboxylic acids is 1. The third-order valence-corrected chi connectivity index (χ3v) is 4.45. The van der Waals surface area contributed by atoms with E-state index in [1.165, 1.54) is 0 Å². The minimum Gasteiger partial charge on any atom is -0.481 e. The third-order valence-electron chi connectivity index (χ3n) is 3.73. The maximum Gasteiger partial charge on any atom is 0.307 e. The van der Waals surface area contributed by atoms with Crippen molar-refractivity contribution in [1.29, 1.82) is 0 Å². The van der Waals surface area contributed by atoms with Gasteiger partial charge in [-0.05, 0) is 47.3 Å². The molecule has 0 aromatic rings. The standard InChI is InChI=1S/C10H13IO3/c11-9(12)7-5-3-1-2-4-6(5)8(7)10(13)14/h5-8H,1-4H2,(H,13,14). The van der Waals surface area contributed by atoms with Gasteiger partial charge in [0.15, 0.2) is 3.79 Å². The van der Waals surface area contributed by atoms with Crippen LogP contribution in [0.4, 0.5) is 0 Å². The first kappa shape index (κ1) is 10.4. The van der Waals surface area contributed by atoms with Crippen molar-refractivity contribution in [2.75, 3.05) is 0 Å². The monoisotopic (exact) mass is 308 g/mol. The number of hydrogen-bond acceptors (Lipinski definition) is 2. The minimum atomic E-state index is -0.775. The zero-order chi connectivity index (χ0) is 10.3. The van der Waals surface area contributed by atoms with Crippen LogP contribution in [-0.2, 0) is 9.59 Å².